The summed E-state index contributed by atoms with van der Waals surface area (Å²) in [5.74, 6) is 10.4. The van der Waals surface area contributed by atoms with Crippen LogP contribution in [0, 0.1) is 23.7 Å². The van der Waals surface area contributed by atoms with Crippen molar-refractivity contribution in [1.29, 1.82) is 0 Å². The second-order valence-electron chi connectivity index (χ2n) is 3.57. The molecule has 3 N–H and O–H groups in total. The molecule has 0 radical (unpaired) electrons. The van der Waals surface area contributed by atoms with E-state index in [9.17, 15) is 5.11 Å². The highest BCUT2D eigenvalue weighted by molar-refractivity contribution is 5.31. The number of hydrogen-bond donors (Lipinski definition) is 3. The summed E-state index contributed by atoms with van der Waals surface area (Å²) in [5.41, 5.74) is 0. The number of unbranched alkanes of at least 4 members (excludes halogenated alkanes) is 3. The predicted molar refractivity (Wildman–Crippen MR) is 68.0 cm³/mol. The van der Waals surface area contributed by atoms with E-state index in [4.69, 9.17) is 10.2 Å². The quantitative estimate of drug-likeness (QED) is 0.453. The molecule has 0 aromatic heterocycles. The zero-order valence-corrected chi connectivity index (χ0v) is 10.0. The summed E-state index contributed by atoms with van der Waals surface area (Å²) in [4.78, 5) is 0. The standard InChI is InChI=1S/C14H20O3/c15-12-8-4-1-2-6-10-14(17)11-7-3-5-9-13-16/h4,8,14-17H,3,5,7,9,11-13H2/b8-4-/t14-/m1/s1. The molecule has 0 aliphatic rings. The molecule has 0 spiro atoms. The lowest BCUT2D eigenvalue weighted by molar-refractivity contribution is 0.216. The van der Waals surface area contributed by atoms with Gasteiger partial charge in [-0.3, -0.25) is 0 Å². The molecule has 0 aromatic carbocycles. The average molecular weight is 236 g/mol. The van der Waals surface area contributed by atoms with E-state index in [0.717, 1.165) is 25.7 Å². The number of rotatable bonds is 7. The van der Waals surface area contributed by atoms with Crippen LogP contribution in [0.2, 0.25) is 0 Å². The Bertz CT molecular complexity index is 312. The molecule has 0 amide bonds. The van der Waals surface area contributed by atoms with Crippen LogP contribution in [0.4, 0.5) is 0 Å². The van der Waals surface area contributed by atoms with Gasteiger partial charge in [0, 0.05) is 6.61 Å². The van der Waals surface area contributed by atoms with Gasteiger partial charge in [0.25, 0.3) is 0 Å². The Labute approximate surface area is 103 Å². The number of aliphatic hydroxyl groups excluding tert-OH is 3. The molecule has 0 aromatic rings. The third-order valence-electron chi connectivity index (χ3n) is 2.07. The summed E-state index contributed by atoms with van der Waals surface area (Å²) in [6, 6.07) is 0. The van der Waals surface area contributed by atoms with Gasteiger partial charge in [0.05, 0.1) is 6.61 Å². The zero-order chi connectivity index (χ0) is 12.8. The van der Waals surface area contributed by atoms with Crippen LogP contribution >= 0.6 is 0 Å². The molecule has 17 heavy (non-hydrogen) atoms. The molecule has 0 fully saturated rings. The molecule has 0 unspecified atom stereocenters. The maximum atomic E-state index is 9.46. The molecular weight excluding hydrogens is 216 g/mol. The lowest BCUT2D eigenvalue weighted by atomic mass is 10.1. The average Bonchev–Trinajstić information content (AvgIpc) is 2.33. The molecule has 3 nitrogen and oxygen atoms in total. The summed E-state index contributed by atoms with van der Waals surface area (Å²) in [7, 11) is 0. The van der Waals surface area contributed by atoms with Crippen molar-refractivity contribution in [1.82, 2.24) is 0 Å². The van der Waals surface area contributed by atoms with Crippen LogP contribution in [0.5, 0.6) is 0 Å². The second kappa shape index (κ2) is 12.8. The summed E-state index contributed by atoms with van der Waals surface area (Å²) in [6.07, 6.45) is 6.79. The normalized spacial score (nSPS) is 11.5. The topological polar surface area (TPSA) is 60.7 Å². The zero-order valence-electron chi connectivity index (χ0n) is 10.0. The molecule has 3 heteroatoms. The minimum atomic E-state index is -0.625. The molecule has 0 aliphatic heterocycles. The maximum absolute atomic E-state index is 9.46. The summed E-state index contributed by atoms with van der Waals surface area (Å²) in [6.45, 7) is 0.206. The third kappa shape index (κ3) is 12.7. The number of allylic oxidation sites excluding steroid dienone is 1. The van der Waals surface area contributed by atoms with E-state index in [0.29, 0.717) is 6.42 Å². The van der Waals surface area contributed by atoms with Gasteiger partial charge in [-0.05, 0) is 37.2 Å². The highest BCUT2D eigenvalue weighted by atomic mass is 16.3. The third-order valence-corrected chi connectivity index (χ3v) is 2.07. The molecule has 0 saturated heterocycles. The van der Waals surface area contributed by atoms with Crippen molar-refractivity contribution in [3.8, 4) is 23.7 Å². The van der Waals surface area contributed by atoms with Gasteiger partial charge >= 0.3 is 0 Å². The van der Waals surface area contributed by atoms with Crippen molar-refractivity contribution < 1.29 is 15.3 Å². The smallest absolute Gasteiger partial charge is 0.115 e. The minimum absolute atomic E-state index is 0.0292. The van der Waals surface area contributed by atoms with E-state index in [1.54, 1.807) is 0 Å². The van der Waals surface area contributed by atoms with Crippen LogP contribution in [0.1, 0.15) is 32.1 Å². The Morgan fingerprint density at radius 2 is 1.76 bits per heavy atom. The highest BCUT2D eigenvalue weighted by Gasteiger charge is 1.97. The van der Waals surface area contributed by atoms with Gasteiger partial charge < -0.3 is 15.3 Å². The van der Waals surface area contributed by atoms with E-state index >= 15 is 0 Å². The van der Waals surface area contributed by atoms with Gasteiger partial charge in [0.15, 0.2) is 0 Å². The molecule has 94 valence electrons. The first-order valence-electron chi connectivity index (χ1n) is 5.87. The Balaban J connectivity index is 3.62. The van der Waals surface area contributed by atoms with E-state index in [-0.39, 0.29) is 13.2 Å². The molecule has 0 bridgehead atoms. The molecule has 0 saturated carbocycles. The van der Waals surface area contributed by atoms with Gasteiger partial charge in [-0.2, -0.15) is 0 Å². The van der Waals surface area contributed by atoms with E-state index in [1.807, 2.05) is 0 Å². The number of hydrogen-bond acceptors (Lipinski definition) is 3. The van der Waals surface area contributed by atoms with Crippen molar-refractivity contribution >= 4 is 0 Å². The lowest BCUT2D eigenvalue weighted by Gasteiger charge is -2.01. The second-order valence-corrected chi connectivity index (χ2v) is 3.57. The number of aliphatic hydroxyl groups is 3. The van der Waals surface area contributed by atoms with Crippen LogP contribution < -0.4 is 0 Å². The predicted octanol–water partition coefficient (Wildman–Crippen LogP) is 0.845. The Morgan fingerprint density at radius 3 is 2.47 bits per heavy atom. The molecule has 0 heterocycles. The first-order valence-corrected chi connectivity index (χ1v) is 5.87. The van der Waals surface area contributed by atoms with Crippen LogP contribution in [-0.4, -0.2) is 34.6 Å². The van der Waals surface area contributed by atoms with Gasteiger partial charge in [0.1, 0.15) is 6.10 Å². The Morgan fingerprint density at radius 1 is 1.00 bits per heavy atom. The van der Waals surface area contributed by atoms with Crippen molar-refractivity contribution in [2.75, 3.05) is 13.2 Å². The van der Waals surface area contributed by atoms with Crippen molar-refractivity contribution in [3.63, 3.8) is 0 Å². The summed E-state index contributed by atoms with van der Waals surface area (Å²) >= 11 is 0. The van der Waals surface area contributed by atoms with Gasteiger partial charge in [-0.15, -0.1) is 0 Å². The monoisotopic (exact) mass is 236 g/mol. The van der Waals surface area contributed by atoms with Crippen LogP contribution in [0.15, 0.2) is 12.2 Å². The van der Waals surface area contributed by atoms with Crippen LogP contribution in [0.3, 0.4) is 0 Å². The van der Waals surface area contributed by atoms with Crippen molar-refractivity contribution in [2.45, 2.75) is 38.2 Å². The van der Waals surface area contributed by atoms with Gasteiger partial charge in [0.2, 0.25) is 0 Å². The summed E-state index contributed by atoms with van der Waals surface area (Å²) in [5, 5.41) is 26.5. The van der Waals surface area contributed by atoms with E-state index < -0.39 is 6.10 Å². The lowest BCUT2D eigenvalue weighted by Crippen LogP contribution is -2.02. The van der Waals surface area contributed by atoms with Crippen LogP contribution in [0.25, 0.3) is 0 Å². The SMILES string of the molecule is OC/C=C\C#CC#C[C@@H](O)CCCCCCO. The Kier molecular flexibility index (Phi) is 11.9. The van der Waals surface area contributed by atoms with Crippen LogP contribution in [-0.2, 0) is 0 Å². The van der Waals surface area contributed by atoms with Gasteiger partial charge in [-0.1, -0.05) is 30.8 Å². The van der Waals surface area contributed by atoms with E-state index in [2.05, 4.69) is 23.7 Å². The first-order chi connectivity index (χ1) is 8.31. The maximum Gasteiger partial charge on any atom is 0.115 e. The molecule has 0 aliphatic carbocycles. The van der Waals surface area contributed by atoms with E-state index in [1.165, 1.54) is 12.2 Å². The molecular formula is C14H20O3. The first kappa shape index (κ1) is 15.7. The van der Waals surface area contributed by atoms with Gasteiger partial charge in [-0.25, -0.2) is 0 Å². The minimum Gasteiger partial charge on any atom is -0.396 e. The molecule has 1 atom stereocenters. The summed E-state index contributed by atoms with van der Waals surface area (Å²) < 4.78 is 0. The fourth-order valence-electron chi connectivity index (χ4n) is 1.18. The highest BCUT2D eigenvalue weighted by Crippen LogP contribution is 2.04. The Hall–Kier alpha value is -1.26. The molecule has 0 rings (SSSR count). The fraction of sp³-hybridized carbons (Fsp3) is 0.571. The largest absolute Gasteiger partial charge is 0.396 e. The fourth-order valence-corrected chi connectivity index (χ4v) is 1.18. The van der Waals surface area contributed by atoms with Crippen molar-refractivity contribution in [2.24, 2.45) is 0 Å². The van der Waals surface area contributed by atoms with Crippen molar-refractivity contribution in [3.05, 3.63) is 12.2 Å².